The number of hydrogen-bond donors (Lipinski definition) is 2. The molecule has 158 valence electrons. The van der Waals surface area contributed by atoms with Gasteiger partial charge in [0.2, 0.25) is 11.9 Å². The molecule has 2 aromatic heterocycles. The van der Waals surface area contributed by atoms with Gasteiger partial charge in [0.05, 0.1) is 11.3 Å². The molecule has 0 bridgehead atoms. The Kier molecular flexibility index (Phi) is 5.48. The van der Waals surface area contributed by atoms with Crippen LogP contribution in [0.15, 0.2) is 54.7 Å². The molecule has 3 heterocycles. The van der Waals surface area contributed by atoms with Crippen LogP contribution < -0.4 is 10.6 Å². The number of nitrogens with two attached hydrogens (primary N) is 1. The lowest BCUT2D eigenvalue weighted by Crippen LogP contribution is -2.48. The van der Waals surface area contributed by atoms with E-state index >= 15 is 0 Å². The first-order valence-electron chi connectivity index (χ1n) is 9.69. The molecule has 1 saturated heterocycles. The fourth-order valence-electron chi connectivity index (χ4n) is 3.67. The van der Waals surface area contributed by atoms with Crippen LogP contribution in [0.2, 0.25) is 0 Å². The molecule has 0 radical (unpaired) electrons. The van der Waals surface area contributed by atoms with Crippen molar-refractivity contribution >= 4 is 17.8 Å². The van der Waals surface area contributed by atoms with E-state index in [9.17, 15) is 19.1 Å². The zero-order valence-electron chi connectivity index (χ0n) is 16.5. The molecule has 1 aromatic carbocycles. The van der Waals surface area contributed by atoms with Crippen LogP contribution in [-0.4, -0.2) is 58.2 Å². The van der Waals surface area contributed by atoms with Gasteiger partial charge in [-0.2, -0.15) is 4.39 Å². The number of nitrogens with zero attached hydrogens (tertiary/aromatic N) is 4. The highest BCUT2D eigenvalue weighted by atomic mass is 19.1. The van der Waals surface area contributed by atoms with E-state index in [1.807, 2.05) is 35.2 Å². The third kappa shape index (κ3) is 4.16. The summed E-state index contributed by atoms with van der Waals surface area (Å²) in [4.78, 5) is 35.2. The van der Waals surface area contributed by atoms with E-state index < -0.39 is 17.9 Å². The van der Waals surface area contributed by atoms with Crippen molar-refractivity contribution in [2.75, 3.05) is 31.1 Å². The molecule has 4 rings (SSSR count). The topological polar surface area (TPSA) is 113 Å². The van der Waals surface area contributed by atoms with E-state index in [2.05, 4.69) is 4.98 Å². The number of carboxylic acid groups (broad SMARTS) is 1. The van der Waals surface area contributed by atoms with Gasteiger partial charge in [-0.15, -0.1) is 0 Å². The number of benzene rings is 1. The summed E-state index contributed by atoms with van der Waals surface area (Å²) < 4.78 is 13.9. The number of carbonyl (C=O) groups is 2. The van der Waals surface area contributed by atoms with Crippen molar-refractivity contribution in [1.29, 1.82) is 0 Å². The summed E-state index contributed by atoms with van der Waals surface area (Å²) in [6.45, 7) is 1.43. The maximum atomic E-state index is 13.9. The van der Waals surface area contributed by atoms with Crippen LogP contribution in [0.4, 0.5) is 15.0 Å². The highest BCUT2D eigenvalue weighted by molar-refractivity contribution is 6.04. The Labute approximate surface area is 177 Å². The molecule has 8 nitrogen and oxygen atoms in total. The largest absolute Gasteiger partial charge is 0.465 e. The lowest BCUT2D eigenvalue weighted by atomic mass is 9.94. The molecule has 0 saturated carbocycles. The molecule has 1 fully saturated rings. The number of anilines is 1. The van der Waals surface area contributed by atoms with E-state index in [-0.39, 0.29) is 5.56 Å². The fourth-order valence-corrected chi connectivity index (χ4v) is 3.67. The van der Waals surface area contributed by atoms with Crippen molar-refractivity contribution in [1.82, 2.24) is 14.9 Å². The first kappa shape index (κ1) is 20.3. The number of primary amides is 1. The van der Waals surface area contributed by atoms with Crippen molar-refractivity contribution in [2.24, 2.45) is 5.73 Å². The standard InChI is InChI=1S/C22H20FN5O3/c23-17-12-15(6-7-25-17)20-19(14-4-2-1-3-5-14)16(21(24)29)13-18(26-20)27-8-10-28(11-9-27)22(30)31/h1-7,12-13H,8-11H2,(H2,24,29)(H,30,31). The Hall–Kier alpha value is -4.01. The molecule has 0 spiro atoms. The van der Waals surface area contributed by atoms with Gasteiger partial charge in [0.25, 0.3) is 0 Å². The fraction of sp³-hybridized carbons (Fsp3) is 0.182. The molecule has 3 N–H and O–H groups in total. The van der Waals surface area contributed by atoms with E-state index in [4.69, 9.17) is 10.7 Å². The number of carbonyl (C=O) groups excluding carboxylic acids is 1. The van der Waals surface area contributed by atoms with Gasteiger partial charge >= 0.3 is 6.09 Å². The van der Waals surface area contributed by atoms with E-state index in [1.54, 1.807) is 12.1 Å². The normalized spacial score (nSPS) is 13.8. The quantitative estimate of drug-likeness (QED) is 0.627. The van der Waals surface area contributed by atoms with Gasteiger partial charge in [-0.1, -0.05) is 30.3 Å². The number of halogens is 1. The van der Waals surface area contributed by atoms with Crippen LogP contribution in [0, 0.1) is 5.95 Å². The van der Waals surface area contributed by atoms with E-state index in [1.165, 1.54) is 17.2 Å². The zero-order valence-corrected chi connectivity index (χ0v) is 16.5. The van der Waals surface area contributed by atoms with Crippen molar-refractivity contribution in [3.8, 4) is 22.4 Å². The Bertz CT molecular complexity index is 1130. The van der Waals surface area contributed by atoms with E-state index in [0.29, 0.717) is 48.8 Å². The summed E-state index contributed by atoms with van der Waals surface area (Å²) in [7, 11) is 0. The predicted molar refractivity (Wildman–Crippen MR) is 113 cm³/mol. The second kappa shape index (κ2) is 8.39. The average molecular weight is 421 g/mol. The van der Waals surface area contributed by atoms with Gasteiger partial charge in [0, 0.05) is 49.6 Å². The van der Waals surface area contributed by atoms with Crippen LogP contribution in [0.3, 0.4) is 0 Å². The Balaban J connectivity index is 1.88. The second-order valence-electron chi connectivity index (χ2n) is 7.11. The monoisotopic (exact) mass is 421 g/mol. The van der Waals surface area contributed by atoms with Gasteiger partial charge in [-0.05, 0) is 17.7 Å². The number of pyridine rings is 2. The highest BCUT2D eigenvalue weighted by Gasteiger charge is 2.25. The molecule has 0 unspecified atom stereocenters. The van der Waals surface area contributed by atoms with E-state index in [0.717, 1.165) is 5.56 Å². The maximum Gasteiger partial charge on any atom is 0.407 e. The molecule has 1 aliphatic rings. The minimum Gasteiger partial charge on any atom is -0.465 e. The number of aromatic nitrogens is 2. The molecule has 0 atom stereocenters. The average Bonchev–Trinajstić information content (AvgIpc) is 2.79. The van der Waals surface area contributed by atoms with Gasteiger partial charge in [-0.3, -0.25) is 4.79 Å². The summed E-state index contributed by atoms with van der Waals surface area (Å²) in [6, 6.07) is 13.7. The molecule has 3 aromatic rings. The van der Waals surface area contributed by atoms with Crippen LogP contribution in [0.1, 0.15) is 10.4 Å². The molecule has 31 heavy (non-hydrogen) atoms. The van der Waals surface area contributed by atoms with Gasteiger partial charge < -0.3 is 20.6 Å². The number of piperazine rings is 1. The summed E-state index contributed by atoms with van der Waals surface area (Å²) in [5.41, 5.74) is 8.07. The third-order valence-electron chi connectivity index (χ3n) is 5.21. The summed E-state index contributed by atoms with van der Waals surface area (Å²) >= 11 is 0. The SMILES string of the molecule is NC(=O)c1cc(N2CCN(C(=O)O)CC2)nc(-c2ccnc(F)c2)c1-c1ccccc1. The molecule has 0 aliphatic carbocycles. The Morgan fingerprint density at radius 3 is 2.32 bits per heavy atom. The molecular formula is C22H20FN5O3. The number of hydrogen-bond acceptors (Lipinski definition) is 5. The molecule has 1 aliphatic heterocycles. The third-order valence-corrected chi connectivity index (χ3v) is 5.21. The minimum absolute atomic E-state index is 0.254. The maximum absolute atomic E-state index is 13.9. The van der Waals surface area contributed by atoms with Crippen LogP contribution in [-0.2, 0) is 0 Å². The van der Waals surface area contributed by atoms with Crippen molar-refractivity contribution in [3.63, 3.8) is 0 Å². The smallest absolute Gasteiger partial charge is 0.407 e. The second-order valence-corrected chi connectivity index (χ2v) is 7.11. The number of rotatable bonds is 4. The molecular weight excluding hydrogens is 401 g/mol. The van der Waals surface area contributed by atoms with Crippen LogP contribution >= 0.6 is 0 Å². The van der Waals surface area contributed by atoms with Crippen molar-refractivity contribution in [3.05, 3.63) is 66.2 Å². The highest BCUT2D eigenvalue weighted by Crippen LogP contribution is 2.36. The van der Waals surface area contributed by atoms with Crippen molar-refractivity contribution in [2.45, 2.75) is 0 Å². The van der Waals surface area contributed by atoms with Crippen LogP contribution in [0.25, 0.3) is 22.4 Å². The van der Waals surface area contributed by atoms with Gasteiger partial charge in [0.15, 0.2) is 0 Å². The lowest BCUT2D eigenvalue weighted by Gasteiger charge is -2.34. The predicted octanol–water partition coefficient (Wildman–Crippen LogP) is 2.85. The van der Waals surface area contributed by atoms with Gasteiger partial charge in [-0.25, -0.2) is 14.8 Å². The number of amides is 2. The molecule has 9 heteroatoms. The first-order valence-corrected chi connectivity index (χ1v) is 9.69. The van der Waals surface area contributed by atoms with Gasteiger partial charge in [0.1, 0.15) is 5.82 Å². The summed E-state index contributed by atoms with van der Waals surface area (Å²) in [6.07, 6.45) is 0.362. The summed E-state index contributed by atoms with van der Waals surface area (Å²) in [5.74, 6) is -0.826. The first-order chi connectivity index (χ1) is 14.9. The van der Waals surface area contributed by atoms with Crippen molar-refractivity contribution < 1.29 is 19.1 Å². The Morgan fingerprint density at radius 1 is 1.00 bits per heavy atom. The molecule has 2 amide bonds. The zero-order chi connectivity index (χ0) is 22.0. The lowest BCUT2D eigenvalue weighted by molar-refractivity contribution is 0.100. The van der Waals surface area contributed by atoms with Crippen LogP contribution in [0.5, 0.6) is 0 Å². The Morgan fingerprint density at radius 2 is 1.71 bits per heavy atom. The summed E-state index contributed by atoms with van der Waals surface area (Å²) in [5, 5.41) is 9.18. The minimum atomic E-state index is -0.974.